The van der Waals surface area contributed by atoms with E-state index in [9.17, 15) is 9.59 Å². The van der Waals surface area contributed by atoms with Crippen LogP contribution in [0, 0.1) is 13.8 Å². The van der Waals surface area contributed by atoms with Crippen LogP contribution in [0.15, 0.2) is 28.9 Å². The van der Waals surface area contributed by atoms with Crippen molar-refractivity contribution in [2.45, 2.75) is 26.0 Å². The van der Waals surface area contributed by atoms with Crippen LogP contribution in [0.4, 0.5) is 11.6 Å². The topological polar surface area (TPSA) is 97.1 Å². The highest BCUT2D eigenvalue weighted by Crippen LogP contribution is 2.15. The molecule has 0 radical (unpaired) electrons. The smallest absolute Gasteiger partial charge is 0.238 e. The highest BCUT2D eigenvalue weighted by Gasteiger charge is 2.17. The lowest BCUT2D eigenvalue weighted by Crippen LogP contribution is -2.25. The third-order valence-electron chi connectivity index (χ3n) is 2.98. The summed E-state index contributed by atoms with van der Waals surface area (Å²) in [4.78, 5) is 28.0. The van der Waals surface area contributed by atoms with Gasteiger partial charge in [-0.05, 0) is 32.4 Å². The maximum Gasteiger partial charge on any atom is 0.238 e. The molecule has 122 valence electrons. The number of nitrogens with zero attached hydrogens (tertiary/aromatic N) is 2. The molecule has 0 bridgehead atoms. The molecule has 8 heteroatoms. The van der Waals surface area contributed by atoms with Crippen LogP contribution in [0.5, 0.6) is 0 Å². The largest absolute Gasteiger partial charge is 0.360 e. The standard InChI is InChI=1S/C15H18N4O3S/c1-9-5-4-6-16-14(9)18-13(20)8-23-11(3)15(21)17-12-7-10(2)22-19-12/h4-7,11H,8H2,1-3H3,(H,16,18,20)(H,17,19,21)/t11-/m0/s1. The molecule has 0 spiro atoms. The predicted molar refractivity (Wildman–Crippen MR) is 89.4 cm³/mol. The molecule has 2 amide bonds. The molecule has 1 atom stereocenters. The third-order valence-corrected chi connectivity index (χ3v) is 4.12. The second kappa shape index (κ2) is 7.77. The quantitative estimate of drug-likeness (QED) is 0.842. The Labute approximate surface area is 138 Å². The second-order valence-electron chi connectivity index (χ2n) is 4.98. The van der Waals surface area contributed by atoms with Crippen LogP contribution in [-0.4, -0.2) is 33.0 Å². The monoisotopic (exact) mass is 334 g/mol. The number of aromatic nitrogens is 2. The molecule has 0 aliphatic heterocycles. The number of amides is 2. The van der Waals surface area contributed by atoms with Gasteiger partial charge in [0, 0.05) is 12.3 Å². The number of aryl methyl sites for hydroxylation is 2. The number of pyridine rings is 1. The number of carbonyl (C=O) groups excluding carboxylic acids is 2. The lowest BCUT2D eigenvalue weighted by molar-refractivity contribution is -0.115. The maximum atomic E-state index is 12.0. The summed E-state index contributed by atoms with van der Waals surface area (Å²) < 4.78 is 4.88. The zero-order valence-electron chi connectivity index (χ0n) is 13.1. The fraction of sp³-hybridized carbons (Fsp3) is 0.333. The SMILES string of the molecule is Cc1cc(NC(=O)[C@H](C)SCC(=O)Nc2ncccc2C)no1. The van der Waals surface area contributed by atoms with Crippen molar-refractivity contribution in [1.29, 1.82) is 0 Å². The number of hydrogen-bond donors (Lipinski definition) is 2. The van der Waals surface area contributed by atoms with Crippen molar-refractivity contribution in [2.75, 3.05) is 16.4 Å². The van der Waals surface area contributed by atoms with E-state index in [1.807, 2.05) is 13.0 Å². The van der Waals surface area contributed by atoms with E-state index < -0.39 is 5.25 Å². The van der Waals surface area contributed by atoms with Crippen molar-refractivity contribution in [3.63, 3.8) is 0 Å². The van der Waals surface area contributed by atoms with Crippen LogP contribution in [0.3, 0.4) is 0 Å². The number of hydrogen-bond acceptors (Lipinski definition) is 6. The van der Waals surface area contributed by atoms with Crippen molar-refractivity contribution < 1.29 is 14.1 Å². The number of rotatable bonds is 6. The first-order valence-corrected chi connectivity index (χ1v) is 8.08. The van der Waals surface area contributed by atoms with Gasteiger partial charge >= 0.3 is 0 Å². The van der Waals surface area contributed by atoms with Gasteiger partial charge in [0.15, 0.2) is 5.82 Å². The van der Waals surface area contributed by atoms with Gasteiger partial charge in [0.05, 0.1) is 11.0 Å². The molecule has 7 nitrogen and oxygen atoms in total. The molecule has 2 aromatic heterocycles. The van der Waals surface area contributed by atoms with Crippen molar-refractivity contribution in [3.8, 4) is 0 Å². The Bertz CT molecular complexity index is 702. The van der Waals surface area contributed by atoms with Gasteiger partial charge in [-0.1, -0.05) is 11.2 Å². The van der Waals surface area contributed by atoms with Gasteiger partial charge in [-0.2, -0.15) is 0 Å². The molecular formula is C15H18N4O3S. The fourth-order valence-electron chi connectivity index (χ4n) is 1.71. The third kappa shape index (κ3) is 5.10. The maximum absolute atomic E-state index is 12.0. The zero-order valence-corrected chi connectivity index (χ0v) is 13.9. The molecule has 23 heavy (non-hydrogen) atoms. The van der Waals surface area contributed by atoms with E-state index >= 15 is 0 Å². The first-order valence-electron chi connectivity index (χ1n) is 7.03. The molecule has 0 unspecified atom stereocenters. The van der Waals surface area contributed by atoms with Gasteiger partial charge in [-0.3, -0.25) is 9.59 Å². The Kier molecular flexibility index (Phi) is 5.75. The van der Waals surface area contributed by atoms with E-state index in [2.05, 4.69) is 20.8 Å². The van der Waals surface area contributed by atoms with Crippen LogP contribution < -0.4 is 10.6 Å². The Morgan fingerprint density at radius 1 is 1.35 bits per heavy atom. The van der Waals surface area contributed by atoms with Crippen molar-refractivity contribution in [1.82, 2.24) is 10.1 Å². The van der Waals surface area contributed by atoms with E-state index in [0.29, 0.717) is 17.4 Å². The zero-order chi connectivity index (χ0) is 16.8. The molecule has 0 aliphatic carbocycles. The molecule has 0 aromatic carbocycles. The average molecular weight is 334 g/mol. The van der Waals surface area contributed by atoms with E-state index in [1.165, 1.54) is 11.8 Å². The average Bonchev–Trinajstić information content (AvgIpc) is 2.92. The molecule has 0 aliphatic rings. The molecular weight excluding hydrogens is 316 g/mol. The molecule has 0 fully saturated rings. The lowest BCUT2D eigenvalue weighted by Gasteiger charge is -2.11. The lowest BCUT2D eigenvalue weighted by atomic mass is 10.3. The highest BCUT2D eigenvalue weighted by molar-refractivity contribution is 8.01. The summed E-state index contributed by atoms with van der Waals surface area (Å²) in [6, 6.07) is 5.30. The van der Waals surface area contributed by atoms with Crippen LogP contribution in [0.25, 0.3) is 0 Å². The summed E-state index contributed by atoms with van der Waals surface area (Å²) in [5, 5.41) is 8.66. The number of thioether (sulfide) groups is 1. The molecule has 2 aromatic rings. The molecule has 2 rings (SSSR count). The van der Waals surface area contributed by atoms with Gasteiger partial charge in [0.2, 0.25) is 11.8 Å². The van der Waals surface area contributed by atoms with Crippen LogP contribution in [0.1, 0.15) is 18.2 Å². The number of nitrogens with one attached hydrogen (secondary N) is 2. The second-order valence-corrected chi connectivity index (χ2v) is 6.31. The summed E-state index contributed by atoms with van der Waals surface area (Å²) in [7, 11) is 0. The highest BCUT2D eigenvalue weighted by atomic mass is 32.2. The summed E-state index contributed by atoms with van der Waals surface area (Å²) in [6.07, 6.45) is 1.62. The van der Waals surface area contributed by atoms with Gasteiger partial charge in [-0.25, -0.2) is 4.98 Å². The minimum Gasteiger partial charge on any atom is -0.360 e. The van der Waals surface area contributed by atoms with E-state index in [4.69, 9.17) is 4.52 Å². The number of carbonyl (C=O) groups is 2. The van der Waals surface area contributed by atoms with Crippen LogP contribution in [0.2, 0.25) is 0 Å². The van der Waals surface area contributed by atoms with Crippen molar-refractivity contribution in [3.05, 3.63) is 35.7 Å². The van der Waals surface area contributed by atoms with Crippen molar-refractivity contribution in [2.24, 2.45) is 0 Å². The van der Waals surface area contributed by atoms with Gasteiger partial charge < -0.3 is 15.2 Å². The fourth-order valence-corrected chi connectivity index (χ4v) is 2.40. The Morgan fingerprint density at radius 3 is 2.78 bits per heavy atom. The summed E-state index contributed by atoms with van der Waals surface area (Å²) in [5.41, 5.74) is 0.887. The Hall–Kier alpha value is -2.35. The first kappa shape index (κ1) is 17.0. The van der Waals surface area contributed by atoms with Gasteiger partial charge in [0.1, 0.15) is 11.6 Å². The van der Waals surface area contributed by atoms with Gasteiger partial charge in [-0.15, -0.1) is 11.8 Å². The minimum atomic E-state index is -0.400. The normalized spacial score (nSPS) is 11.8. The minimum absolute atomic E-state index is 0.155. The molecule has 0 saturated heterocycles. The first-order chi connectivity index (χ1) is 11.0. The van der Waals surface area contributed by atoms with Crippen molar-refractivity contribution >= 4 is 35.2 Å². The Morgan fingerprint density at radius 2 is 2.13 bits per heavy atom. The molecule has 2 heterocycles. The number of anilines is 2. The molecule has 2 N–H and O–H groups in total. The van der Waals surface area contributed by atoms with Gasteiger partial charge in [0.25, 0.3) is 0 Å². The summed E-state index contributed by atoms with van der Waals surface area (Å²) >= 11 is 1.23. The van der Waals surface area contributed by atoms with E-state index in [0.717, 1.165) is 5.56 Å². The summed E-state index contributed by atoms with van der Waals surface area (Å²) in [5.74, 6) is 1.24. The Balaban J connectivity index is 1.79. The van der Waals surface area contributed by atoms with Crippen LogP contribution >= 0.6 is 11.8 Å². The van der Waals surface area contributed by atoms with E-state index in [-0.39, 0.29) is 17.6 Å². The van der Waals surface area contributed by atoms with E-state index in [1.54, 1.807) is 32.2 Å². The predicted octanol–water partition coefficient (Wildman–Crippen LogP) is 2.39. The summed E-state index contributed by atoms with van der Waals surface area (Å²) in [6.45, 7) is 5.34. The molecule has 0 saturated carbocycles. The van der Waals surface area contributed by atoms with Crippen LogP contribution in [-0.2, 0) is 9.59 Å².